The first-order valence-corrected chi connectivity index (χ1v) is 5.07. The minimum absolute atomic E-state index is 0.147. The van der Waals surface area contributed by atoms with Gasteiger partial charge in [-0.2, -0.15) is 0 Å². The Morgan fingerprint density at radius 2 is 2.36 bits per heavy atom. The number of carbonyl (C=O) groups is 1. The lowest BCUT2D eigenvalue weighted by Crippen LogP contribution is -2.18. The fraction of sp³-hybridized carbons (Fsp3) is 0.455. The minimum Gasteiger partial charge on any atom is -0.324 e. The van der Waals surface area contributed by atoms with E-state index in [-0.39, 0.29) is 11.3 Å². The Bertz CT molecular complexity index is 421. The number of fused-ring (bicyclic) bond motifs is 2. The Balaban J connectivity index is 2.14. The Labute approximate surface area is 82.5 Å². The number of nitrogens with zero attached hydrogens (tertiary/aromatic N) is 1. The second kappa shape index (κ2) is 2.35. The van der Waals surface area contributed by atoms with Crippen molar-refractivity contribution in [1.29, 1.82) is 0 Å². The molecule has 72 valence electrons. The average molecular weight is 188 g/mol. The van der Waals surface area contributed by atoms with Gasteiger partial charge in [-0.1, -0.05) is 6.92 Å². The summed E-state index contributed by atoms with van der Waals surface area (Å²) in [6, 6.07) is 2.05. The van der Waals surface area contributed by atoms with Crippen molar-refractivity contribution in [2.45, 2.75) is 31.6 Å². The van der Waals surface area contributed by atoms with Crippen molar-refractivity contribution in [3.8, 4) is 0 Å². The number of amides is 1. The number of hydrogen-bond acceptors (Lipinski definition) is 2. The SMILES string of the molecule is CCc1cnc2c(c1)NC(=O)C21CC1. The molecule has 0 unspecified atom stereocenters. The number of aryl methyl sites for hydroxylation is 1. The fourth-order valence-corrected chi connectivity index (χ4v) is 2.12. The molecule has 1 N–H and O–H groups in total. The van der Waals surface area contributed by atoms with Gasteiger partial charge in [0.15, 0.2) is 0 Å². The first-order chi connectivity index (χ1) is 6.76. The maximum atomic E-state index is 11.7. The highest BCUT2D eigenvalue weighted by atomic mass is 16.2. The van der Waals surface area contributed by atoms with Gasteiger partial charge < -0.3 is 5.32 Å². The van der Waals surface area contributed by atoms with Crippen LogP contribution < -0.4 is 5.32 Å². The first kappa shape index (κ1) is 7.97. The Morgan fingerprint density at radius 1 is 1.57 bits per heavy atom. The molecule has 1 aromatic rings. The van der Waals surface area contributed by atoms with Gasteiger partial charge in [0.2, 0.25) is 5.91 Å². The standard InChI is InChI=1S/C11H12N2O/c1-2-7-5-8-9(12-6-7)11(3-4-11)10(14)13-8/h5-6H,2-4H2,1H3,(H,13,14). The number of carbonyl (C=O) groups excluding carboxylic acids is 1. The Kier molecular flexibility index (Phi) is 1.34. The van der Waals surface area contributed by atoms with Crippen molar-refractivity contribution in [3.05, 3.63) is 23.5 Å². The molecule has 3 rings (SSSR count). The summed E-state index contributed by atoms with van der Waals surface area (Å²) in [5, 5.41) is 2.92. The highest BCUT2D eigenvalue weighted by molar-refractivity contribution is 6.07. The van der Waals surface area contributed by atoms with Crippen LogP contribution in [0, 0.1) is 0 Å². The van der Waals surface area contributed by atoms with E-state index in [0.717, 1.165) is 30.6 Å². The van der Waals surface area contributed by atoms with Crippen LogP contribution in [0.5, 0.6) is 0 Å². The van der Waals surface area contributed by atoms with E-state index in [0.29, 0.717) is 0 Å². The van der Waals surface area contributed by atoms with Gasteiger partial charge in [0.05, 0.1) is 16.8 Å². The molecule has 1 spiro atoms. The lowest BCUT2D eigenvalue weighted by atomic mass is 10.0. The van der Waals surface area contributed by atoms with Gasteiger partial charge in [-0.25, -0.2) is 0 Å². The van der Waals surface area contributed by atoms with E-state index >= 15 is 0 Å². The van der Waals surface area contributed by atoms with Crippen LogP contribution in [0.1, 0.15) is 31.0 Å². The van der Waals surface area contributed by atoms with E-state index in [2.05, 4.69) is 17.2 Å². The van der Waals surface area contributed by atoms with Crippen LogP contribution in [-0.4, -0.2) is 10.9 Å². The summed E-state index contributed by atoms with van der Waals surface area (Å²) in [4.78, 5) is 16.1. The van der Waals surface area contributed by atoms with Gasteiger partial charge in [-0.3, -0.25) is 9.78 Å². The molecule has 0 aromatic carbocycles. The quantitative estimate of drug-likeness (QED) is 0.727. The van der Waals surface area contributed by atoms with Crippen molar-refractivity contribution in [1.82, 2.24) is 4.98 Å². The largest absolute Gasteiger partial charge is 0.324 e. The van der Waals surface area contributed by atoms with E-state index in [4.69, 9.17) is 0 Å². The molecular formula is C11H12N2O. The van der Waals surface area contributed by atoms with Crippen LogP contribution in [0.25, 0.3) is 0 Å². The van der Waals surface area contributed by atoms with Crippen LogP contribution in [0.2, 0.25) is 0 Å². The molecule has 14 heavy (non-hydrogen) atoms. The van der Waals surface area contributed by atoms with Crippen molar-refractivity contribution in [2.75, 3.05) is 5.32 Å². The van der Waals surface area contributed by atoms with Crippen molar-refractivity contribution < 1.29 is 4.79 Å². The molecule has 2 heterocycles. The third-order valence-corrected chi connectivity index (χ3v) is 3.24. The summed E-state index contributed by atoms with van der Waals surface area (Å²) in [5.74, 6) is 0.147. The van der Waals surface area contributed by atoms with E-state index in [9.17, 15) is 4.79 Å². The molecule has 3 nitrogen and oxygen atoms in total. The molecule has 1 aromatic heterocycles. The molecule has 0 atom stereocenters. The van der Waals surface area contributed by atoms with Crippen LogP contribution in [0.15, 0.2) is 12.3 Å². The summed E-state index contributed by atoms with van der Waals surface area (Å²) >= 11 is 0. The number of rotatable bonds is 1. The molecule has 1 fully saturated rings. The highest BCUT2D eigenvalue weighted by Crippen LogP contribution is 2.54. The highest BCUT2D eigenvalue weighted by Gasteiger charge is 2.57. The van der Waals surface area contributed by atoms with Crippen LogP contribution >= 0.6 is 0 Å². The second-order valence-electron chi connectivity index (χ2n) is 4.13. The zero-order chi connectivity index (χ0) is 9.76. The normalized spacial score (nSPS) is 20.8. The van der Waals surface area contributed by atoms with Crippen molar-refractivity contribution in [2.24, 2.45) is 0 Å². The number of anilines is 1. The summed E-state index contributed by atoms with van der Waals surface area (Å²) in [7, 11) is 0. The van der Waals surface area contributed by atoms with Gasteiger partial charge in [-0.05, 0) is 30.9 Å². The van der Waals surface area contributed by atoms with Crippen LogP contribution in [-0.2, 0) is 16.6 Å². The molecule has 0 radical (unpaired) electrons. The predicted molar refractivity (Wildman–Crippen MR) is 53.2 cm³/mol. The van der Waals surface area contributed by atoms with E-state index < -0.39 is 0 Å². The summed E-state index contributed by atoms with van der Waals surface area (Å²) in [6.07, 6.45) is 4.77. The lowest BCUT2D eigenvalue weighted by molar-refractivity contribution is -0.117. The minimum atomic E-state index is -0.235. The zero-order valence-electron chi connectivity index (χ0n) is 8.13. The monoisotopic (exact) mass is 188 g/mol. The zero-order valence-corrected chi connectivity index (χ0v) is 8.13. The molecule has 0 bridgehead atoms. The molecule has 1 saturated carbocycles. The molecule has 1 amide bonds. The topological polar surface area (TPSA) is 42.0 Å². The average Bonchev–Trinajstić information content (AvgIpc) is 2.93. The van der Waals surface area contributed by atoms with Gasteiger partial charge >= 0.3 is 0 Å². The third-order valence-electron chi connectivity index (χ3n) is 3.24. The van der Waals surface area contributed by atoms with Crippen molar-refractivity contribution >= 4 is 11.6 Å². The van der Waals surface area contributed by atoms with E-state index in [1.54, 1.807) is 0 Å². The first-order valence-electron chi connectivity index (χ1n) is 5.07. The molecule has 1 aliphatic heterocycles. The smallest absolute Gasteiger partial charge is 0.236 e. The Morgan fingerprint density at radius 3 is 3.00 bits per heavy atom. The van der Waals surface area contributed by atoms with Gasteiger partial charge in [0.1, 0.15) is 0 Å². The van der Waals surface area contributed by atoms with Gasteiger partial charge in [0, 0.05) is 6.20 Å². The fourth-order valence-electron chi connectivity index (χ4n) is 2.12. The van der Waals surface area contributed by atoms with E-state index in [1.165, 1.54) is 5.56 Å². The van der Waals surface area contributed by atoms with Crippen LogP contribution in [0.4, 0.5) is 5.69 Å². The molecular weight excluding hydrogens is 176 g/mol. The predicted octanol–water partition coefficient (Wildman–Crippen LogP) is 1.63. The van der Waals surface area contributed by atoms with Crippen molar-refractivity contribution in [3.63, 3.8) is 0 Å². The number of pyridine rings is 1. The molecule has 3 heteroatoms. The summed E-state index contributed by atoms with van der Waals surface area (Å²) in [5.41, 5.74) is 2.86. The third kappa shape index (κ3) is 0.820. The van der Waals surface area contributed by atoms with Gasteiger partial charge in [0.25, 0.3) is 0 Å². The summed E-state index contributed by atoms with van der Waals surface area (Å²) < 4.78 is 0. The lowest BCUT2D eigenvalue weighted by Gasteiger charge is -2.03. The van der Waals surface area contributed by atoms with E-state index in [1.807, 2.05) is 12.3 Å². The maximum Gasteiger partial charge on any atom is 0.236 e. The number of aromatic nitrogens is 1. The molecule has 0 saturated heterocycles. The Hall–Kier alpha value is -1.38. The van der Waals surface area contributed by atoms with Crippen LogP contribution in [0.3, 0.4) is 0 Å². The number of nitrogens with one attached hydrogen (secondary N) is 1. The molecule has 1 aliphatic carbocycles. The summed E-state index contributed by atoms with van der Waals surface area (Å²) in [6.45, 7) is 2.09. The molecule has 2 aliphatic rings. The van der Waals surface area contributed by atoms with Gasteiger partial charge in [-0.15, -0.1) is 0 Å². The number of hydrogen-bond donors (Lipinski definition) is 1. The second-order valence-corrected chi connectivity index (χ2v) is 4.13. The maximum absolute atomic E-state index is 11.7.